The molecule has 3 N–H and O–H groups in total. The number of rotatable bonds is 10. The molecule has 1 heterocycles. The zero-order valence-electron chi connectivity index (χ0n) is 21.8. The van der Waals surface area contributed by atoms with Gasteiger partial charge in [0.1, 0.15) is 17.6 Å². The topological polar surface area (TPSA) is 125 Å². The third-order valence-electron chi connectivity index (χ3n) is 8.72. The molecule has 9 heteroatoms. The van der Waals surface area contributed by atoms with Gasteiger partial charge in [-0.05, 0) is 54.3 Å². The maximum atomic E-state index is 13.8. The predicted octanol–water partition coefficient (Wildman–Crippen LogP) is 1.15. The highest BCUT2D eigenvalue weighted by atomic mass is 16.2. The van der Waals surface area contributed by atoms with E-state index in [9.17, 15) is 24.0 Å². The molecule has 0 aromatic heterocycles. The summed E-state index contributed by atoms with van der Waals surface area (Å²) in [6.07, 6.45) is 4.29. The molecule has 4 rings (SSSR count). The van der Waals surface area contributed by atoms with Crippen LogP contribution in [0.15, 0.2) is 0 Å². The van der Waals surface area contributed by atoms with Gasteiger partial charge in [-0.15, -0.1) is 0 Å². The van der Waals surface area contributed by atoms with Crippen molar-refractivity contribution in [2.45, 2.75) is 97.3 Å². The fraction of sp³-hybridized carbons (Fsp3) is 0.808. The summed E-state index contributed by atoms with van der Waals surface area (Å²) < 4.78 is 0. The van der Waals surface area contributed by atoms with E-state index in [-0.39, 0.29) is 41.0 Å². The molecule has 0 spiro atoms. The molecule has 1 aliphatic heterocycles. The van der Waals surface area contributed by atoms with Crippen molar-refractivity contribution in [2.75, 3.05) is 6.54 Å². The van der Waals surface area contributed by atoms with Gasteiger partial charge in [0.15, 0.2) is 0 Å². The van der Waals surface area contributed by atoms with Crippen molar-refractivity contribution in [3.63, 3.8) is 0 Å². The highest BCUT2D eigenvalue weighted by molar-refractivity contribution is 6.41. The number of piperidine rings is 1. The van der Waals surface area contributed by atoms with Crippen LogP contribution >= 0.6 is 0 Å². The Hall–Kier alpha value is -2.45. The summed E-state index contributed by atoms with van der Waals surface area (Å²) in [6, 6.07) is -1.46. The largest absolute Gasteiger partial charge is 0.347 e. The number of ketones is 1. The molecular weight excluding hydrogens is 448 g/mol. The van der Waals surface area contributed by atoms with Crippen LogP contribution in [0.4, 0.5) is 0 Å². The van der Waals surface area contributed by atoms with Crippen LogP contribution in [-0.2, 0) is 24.0 Å². The van der Waals surface area contributed by atoms with Gasteiger partial charge in [-0.3, -0.25) is 24.0 Å². The second kappa shape index (κ2) is 8.59. The summed E-state index contributed by atoms with van der Waals surface area (Å²) in [5.41, 5.74) is -1.83. The lowest BCUT2D eigenvalue weighted by Gasteiger charge is -2.37. The Balaban J connectivity index is 1.57. The van der Waals surface area contributed by atoms with Crippen LogP contribution in [0.1, 0.15) is 73.6 Å². The average molecular weight is 489 g/mol. The molecule has 1 unspecified atom stereocenters. The molecule has 6 atom stereocenters. The highest BCUT2D eigenvalue weighted by Gasteiger charge is 2.71. The Bertz CT molecular complexity index is 937. The predicted molar refractivity (Wildman–Crippen MR) is 129 cm³/mol. The summed E-state index contributed by atoms with van der Waals surface area (Å²) in [6.45, 7) is 12.2. The van der Waals surface area contributed by atoms with Gasteiger partial charge in [0.2, 0.25) is 24.0 Å². The van der Waals surface area contributed by atoms with E-state index in [0.29, 0.717) is 19.4 Å². The first-order valence-corrected chi connectivity index (χ1v) is 13.0. The van der Waals surface area contributed by atoms with Crippen molar-refractivity contribution in [3.05, 3.63) is 0 Å². The van der Waals surface area contributed by atoms with Crippen molar-refractivity contribution in [2.24, 2.45) is 28.6 Å². The maximum absolute atomic E-state index is 13.8. The standard InChI is InChI=1S/C26H40N4O5/c1-7-8-14-11-26(14,20(32)22(34)28-15-9-10-15)29-21(33)18-17-16(25(17,5)6)12-30(18)23(35)19(27-13-31)24(2,3)4/h13-19H,7-12H2,1-6H3,(H,27,31)(H,28,34)(H,29,33)/t14-,16-,17-,18-,19+,26?/m0/s1. The van der Waals surface area contributed by atoms with E-state index in [1.54, 1.807) is 4.90 Å². The molecule has 1 saturated heterocycles. The summed E-state index contributed by atoms with van der Waals surface area (Å²) in [4.78, 5) is 66.1. The third-order valence-corrected chi connectivity index (χ3v) is 8.72. The molecule has 194 valence electrons. The fourth-order valence-electron chi connectivity index (χ4n) is 6.23. The number of nitrogens with one attached hydrogen (secondary N) is 3. The first-order valence-electron chi connectivity index (χ1n) is 13.0. The van der Waals surface area contributed by atoms with E-state index in [1.165, 1.54) is 0 Å². The third kappa shape index (κ3) is 4.47. The number of carbonyl (C=O) groups excluding carboxylic acids is 5. The van der Waals surface area contributed by atoms with Gasteiger partial charge in [-0.1, -0.05) is 48.0 Å². The summed E-state index contributed by atoms with van der Waals surface area (Å²) in [5, 5.41) is 8.38. The second-order valence-corrected chi connectivity index (χ2v) is 12.7. The molecule has 3 aliphatic carbocycles. The number of nitrogens with zero attached hydrogens (tertiary/aromatic N) is 1. The van der Waals surface area contributed by atoms with E-state index in [4.69, 9.17) is 0 Å². The average Bonchev–Trinajstić information content (AvgIpc) is 3.71. The fourth-order valence-corrected chi connectivity index (χ4v) is 6.23. The van der Waals surface area contributed by atoms with E-state index < -0.39 is 34.7 Å². The first kappa shape index (κ1) is 25.6. The van der Waals surface area contributed by atoms with Gasteiger partial charge in [-0.25, -0.2) is 0 Å². The number of hydrogen-bond donors (Lipinski definition) is 3. The monoisotopic (exact) mass is 488 g/mol. The SMILES string of the molecule is CCC[C@H]1CC1(NC(=O)[C@@H]1[C@@H]2[C@H](CN1C(=O)[C@@H](NC=O)C(C)(C)C)C2(C)C)C(=O)C(=O)NC1CC1. The van der Waals surface area contributed by atoms with Crippen LogP contribution in [-0.4, -0.2) is 65.0 Å². The molecule has 9 nitrogen and oxygen atoms in total. The minimum atomic E-state index is -1.19. The zero-order valence-corrected chi connectivity index (χ0v) is 21.8. The van der Waals surface area contributed by atoms with Crippen molar-refractivity contribution in [3.8, 4) is 0 Å². The first-order chi connectivity index (χ1) is 16.3. The van der Waals surface area contributed by atoms with Gasteiger partial charge in [0.05, 0.1) is 0 Å². The number of amides is 4. The Morgan fingerprint density at radius 2 is 1.80 bits per heavy atom. The molecule has 3 saturated carbocycles. The van der Waals surface area contributed by atoms with Crippen LogP contribution in [0.25, 0.3) is 0 Å². The molecule has 0 aromatic rings. The summed E-state index contributed by atoms with van der Waals surface area (Å²) in [7, 11) is 0. The maximum Gasteiger partial charge on any atom is 0.290 e. The number of likely N-dealkylation sites (tertiary alicyclic amines) is 1. The van der Waals surface area contributed by atoms with Crippen LogP contribution in [0.2, 0.25) is 0 Å². The van der Waals surface area contributed by atoms with Crippen LogP contribution in [0.3, 0.4) is 0 Å². The van der Waals surface area contributed by atoms with E-state index >= 15 is 0 Å². The molecule has 4 amide bonds. The van der Waals surface area contributed by atoms with E-state index in [2.05, 4.69) is 29.8 Å². The molecule has 0 bridgehead atoms. The van der Waals surface area contributed by atoms with Gasteiger partial charge in [0.25, 0.3) is 5.91 Å². The molecule has 4 aliphatic rings. The van der Waals surface area contributed by atoms with Gasteiger partial charge >= 0.3 is 0 Å². The second-order valence-electron chi connectivity index (χ2n) is 12.7. The Kier molecular flexibility index (Phi) is 6.29. The van der Waals surface area contributed by atoms with Gasteiger partial charge in [0, 0.05) is 12.6 Å². The lowest BCUT2D eigenvalue weighted by molar-refractivity contribution is -0.146. The summed E-state index contributed by atoms with van der Waals surface area (Å²) >= 11 is 0. The number of fused-ring (bicyclic) bond motifs is 1. The van der Waals surface area contributed by atoms with Crippen molar-refractivity contribution < 1.29 is 24.0 Å². The Labute approximate surface area is 207 Å². The van der Waals surface area contributed by atoms with Crippen LogP contribution < -0.4 is 16.0 Å². The minimum absolute atomic E-state index is 0.0286. The molecule has 0 radical (unpaired) electrons. The molecule has 4 fully saturated rings. The Morgan fingerprint density at radius 3 is 2.34 bits per heavy atom. The number of Topliss-reactive ketones (excluding diaryl/α,β-unsaturated/α-hetero) is 1. The Morgan fingerprint density at radius 1 is 1.14 bits per heavy atom. The lowest BCUT2D eigenvalue weighted by atomic mass is 9.85. The molecule has 0 aromatic carbocycles. The number of carbonyl (C=O) groups is 5. The zero-order chi connectivity index (χ0) is 25.9. The van der Waals surface area contributed by atoms with Crippen LogP contribution in [0, 0.1) is 28.6 Å². The van der Waals surface area contributed by atoms with Crippen molar-refractivity contribution in [1.82, 2.24) is 20.9 Å². The molecule has 35 heavy (non-hydrogen) atoms. The normalized spacial score (nSPS) is 33.3. The smallest absolute Gasteiger partial charge is 0.290 e. The highest BCUT2D eigenvalue weighted by Crippen LogP contribution is 2.65. The quantitative estimate of drug-likeness (QED) is 0.314. The lowest BCUT2D eigenvalue weighted by Crippen LogP contribution is -2.60. The van der Waals surface area contributed by atoms with Crippen molar-refractivity contribution in [1.29, 1.82) is 0 Å². The van der Waals surface area contributed by atoms with Gasteiger partial charge in [-0.2, -0.15) is 0 Å². The minimum Gasteiger partial charge on any atom is -0.347 e. The van der Waals surface area contributed by atoms with E-state index in [0.717, 1.165) is 25.7 Å². The van der Waals surface area contributed by atoms with Crippen molar-refractivity contribution >= 4 is 29.9 Å². The number of hydrogen-bond acceptors (Lipinski definition) is 5. The summed E-state index contributed by atoms with van der Waals surface area (Å²) in [5.74, 6) is -1.80. The van der Waals surface area contributed by atoms with E-state index in [1.807, 2.05) is 27.7 Å². The van der Waals surface area contributed by atoms with Crippen LogP contribution in [0.5, 0.6) is 0 Å². The molecular formula is C26H40N4O5. The van der Waals surface area contributed by atoms with Gasteiger partial charge < -0.3 is 20.9 Å².